The van der Waals surface area contributed by atoms with Crippen molar-refractivity contribution in [3.05, 3.63) is 52.0 Å². The van der Waals surface area contributed by atoms with Crippen LogP contribution in [0.4, 0.5) is 0 Å². The van der Waals surface area contributed by atoms with E-state index < -0.39 is 0 Å². The molecule has 3 rings (SSSR count). The molecule has 3 heteroatoms. The minimum Gasteiger partial charge on any atom is -0.403 e. The molecule has 84 valence electrons. The van der Waals surface area contributed by atoms with Crippen molar-refractivity contribution in [3.63, 3.8) is 0 Å². The van der Waals surface area contributed by atoms with Gasteiger partial charge in [-0.25, -0.2) is 9.78 Å². The lowest BCUT2D eigenvalue weighted by atomic mass is 10.1. The van der Waals surface area contributed by atoms with E-state index in [1.54, 1.807) is 0 Å². The third-order valence-corrected chi connectivity index (χ3v) is 2.87. The summed E-state index contributed by atoms with van der Waals surface area (Å²) >= 11 is 0. The molecule has 0 N–H and O–H groups in total. The van der Waals surface area contributed by atoms with Gasteiger partial charge >= 0.3 is 5.63 Å². The standard InChI is InChI=1S/C14H11NO2/c1-8-3-5-10-11-6-4-9(2)15-13(11)17-14(16)12(10)7-8/h3-7H,1-2H3. The highest BCUT2D eigenvalue weighted by Gasteiger charge is 2.08. The molecule has 0 fully saturated rings. The second kappa shape index (κ2) is 3.42. The first kappa shape index (κ1) is 10.0. The first-order chi connectivity index (χ1) is 8.15. The number of nitrogens with zero attached hydrogens (tertiary/aromatic N) is 1. The highest BCUT2D eigenvalue weighted by Crippen LogP contribution is 2.22. The van der Waals surface area contributed by atoms with E-state index in [1.807, 2.05) is 44.2 Å². The number of hydrogen-bond acceptors (Lipinski definition) is 3. The Labute approximate surface area is 97.7 Å². The van der Waals surface area contributed by atoms with E-state index in [-0.39, 0.29) is 5.63 Å². The molecule has 0 saturated heterocycles. The highest BCUT2D eigenvalue weighted by molar-refractivity contribution is 6.03. The molecule has 0 radical (unpaired) electrons. The Morgan fingerprint density at radius 1 is 1.00 bits per heavy atom. The van der Waals surface area contributed by atoms with Crippen LogP contribution >= 0.6 is 0 Å². The summed E-state index contributed by atoms with van der Waals surface area (Å²) in [6.45, 7) is 3.83. The summed E-state index contributed by atoms with van der Waals surface area (Å²) in [6.07, 6.45) is 0. The molecule has 3 nitrogen and oxygen atoms in total. The molecule has 0 amide bonds. The van der Waals surface area contributed by atoms with Gasteiger partial charge in [-0.05, 0) is 32.0 Å². The van der Waals surface area contributed by atoms with E-state index in [0.717, 1.165) is 22.0 Å². The summed E-state index contributed by atoms with van der Waals surface area (Å²) in [5.41, 5.74) is 1.97. The monoisotopic (exact) mass is 225 g/mol. The fourth-order valence-corrected chi connectivity index (χ4v) is 2.02. The van der Waals surface area contributed by atoms with Gasteiger partial charge in [0.2, 0.25) is 5.71 Å². The molecule has 0 aliphatic carbocycles. The minimum absolute atomic E-state index is 0.325. The number of pyridine rings is 1. The molecule has 3 aromatic rings. The van der Waals surface area contributed by atoms with Crippen LogP contribution in [0.25, 0.3) is 21.9 Å². The first-order valence-corrected chi connectivity index (χ1v) is 5.46. The van der Waals surface area contributed by atoms with Crippen LogP contribution in [0.15, 0.2) is 39.5 Å². The second-order valence-electron chi connectivity index (χ2n) is 4.24. The van der Waals surface area contributed by atoms with Gasteiger partial charge in [-0.1, -0.05) is 17.7 Å². The topological polar surface area (TPSA) is 43.1 Å². The van der Waals surface area contributed by atoms with Crippen molar-refractivity contribution in [1.29, 1.82) is 0 Å². The first-order valence-electron chi connectivity index (χ1n) is 5.46. The third kappa shape index (κ3) is 1.51. The van der Waals surface area contributed by atoms with Crippen LogP contribution in [0.1, 0.15) is 11.3 Å². The summed E-state index contributed by atoms with van der Waals surface area (Å²) in [5, 5.41) is 2.39. The highest BCUT2D eigenvalue weighted by atomic mass is 16.4. The van der Waals surface area contributed by atoms with Crippen LogP contribution in [0.2, 0.25) is 0 Å². The quantitative estimate of drug-likeness (QED) is 0.552. The van der Waals surface area contributed by atoms with Crippen molar-refractivity contribution in [2.24, 2.45) is 0 Å². The molecule has 0 aliphatic heterocycles. The fraction of sp³-hybridized carbons (Fsp3) is 0.143. The lowest BCUT2D eigenvalue weighted by molar-refractivity contribution is 0.557. The molecule has 0 bridgehead atoms. The number of hydrogen-bond donors (Lipinski definition) is 0. The predicted molar refractivity (Wildman–Crippen MR) is 67.3 cm³/mol. The largest absolute Gasteiger partial charge is 0.403 e. The zero-order chi connectivity index (χ0) is 12.0. The van der Waals surface area contributed by atoms with E-state index in [2.05, 4.69) is 4.98 Å². The summed E-state index contributed by atoms with van der Waals surface area (Å²) in [6, 6.07) is 9.64. The zero-order valence-corrected chi connectivity index (χ0v) is 9.65. The van der Waals surface area contributed by atoms with Crippen molar-refractivity contribution in [3.8, 4) is 0 Å². The molecule has 2 heterocycles. The maximum absolute atomic E-state index is 11.8. The van der Waals surface area contributed by atoms with E-state index in [4.69, 9.17) is 4.42 Å². The number of aryl methyl sites for hydroxylation is 2. The van der Waals surface area contributed by atoms with Gasteiger partial charge in [-0.15, -0.1) is 0 Å². The van der Waals surface area contributed by atoms with Gasteiger partial charge in [0.15, 0.2) is 0 Å². The average molecular weight is 225 g/mol. The molecule has 2 aromatic heterocycles. The van der Waals surface area contributed by atoms with Gasteiger partial charge in [0.1, 0.15) is 0 Å². The van der Waals surface area contributed by atoms with E-state index in [0.29, 0.717) is 11.1 Å². The van der Waals surface area contributed by atoms with Crippen molar-refractivity contribution < 1.29 is 4.42 Å². The van der Waals surface area contributed by atoms with Gasteiger partial charge in [-0.2, -0.15) is 0 Å². The van der Waals surface area contributed by atoms with Gasteiger partial charge in [0.05, 0.1) is 5.39 Å². The summed E-state index contributed by atoms with van der Waals surface area (Å²) in [5.74, 6) is 0. The van der Waals surface area contributed by atoms with Crippen LogP contribution in [0, 0.1) is 13.8 Å². The van der Waals surface area contributed by atoms with Gasteiger partial charge in [0, 0.05) is 16.5 Å². The Kier molecular flexibility index (Phi) is 2.01. The van der Waals surface area contributed by atoms with Crippen LogP contribution in [0.3, 0.4) is 0 Å². The van der Waals surface area contributed by atoms with Crippen molar-refractivity contribution in [1.82, 2.24) is 4.98 Å². The van der Waals surface area contributed by atoms with E-state index in [9.17, 15) is 4.79 Å². The van der Waals surface area contributed by atoms with Gasteiger partial charge < -0.3 is 4.42 Å². The van der Waals surface area contributed by atoms with Gasteiger partial charge in [-0.3, -0.25) is 0 Å². The number of aromatic nitrogens is 1. The van der Waals surface area contributed by atoms with Crippen LogP contribution in [-0.2, 0) is 0 Å². The lowest BCUT2D eigenvalue weighted by Crippen LogP contribution is -2.01. The normalized spacial score (nSPS) is 11.2. The van der Waals surface area contributed by atoms with E-state index in [1.165, 1.54) is 0 Å². The Balaban J connectivity index is 2.60. The summed E-state index contributed by atoms with van der Waals surface area (Å²) < 4.78 is 5.24. The maximum Gasteiger partial charge on any atom is 0.345 e. The van der Waals surface area contributed by atoms with Crippen molar-refractivity contribution in [2.75, 3.05) is 0 Å². The summed E-state index contributed by atoms with van der Waals surface area (Å²) in [7, 11) is 0. The molecule has 1 aromatic carbocycles. The van der Waals surface area contributed by atoms with Crippen LogP contribution < -0.4 is 5.63 Å². The zero-order valence-electron chi connectivity index (χ0n) is 9.65. The average Bonchev–Trinajstić information content (AvgIpc) is 2.29. The number of benzene rings is 1. The SMILES string of the molecule is Cc1ccc2c(c1)c(=O)oc1nc(C)ccc12. The third-order valence-electron chi connectivity index (χ3n) is 2.87. The van der Waals surface area contributed by atoms with Crippen molar-refractivity contribution >= 4 is 21.9 Å². The number of fused-ring (bicyclic) bond motifs is 3. The smallest absolute Gasteiger partial charge is 0.345 e. The van der Waals surface area contributed by atoms with Crippen LogP contribution in [0.5, 0.6) is 0 Å². The Hall–Kier alpha value is -2.16. The summed E-state index contributed by atoms with van der Waals surface area (Å²) in [4.78, 5) is 16.1. The lowest BCUT2D eigenvalue weighted by Gasteiger charge is -2.03. The fourth-order valence-electron chi connectivity index (χ4n) is 2.02. The Bertz CT molecular complexity index is 787. The Morgan fingerprint density at radius 3 is 2.59 bits per heavy atom. The molecule has 0 saturated carbocycles. The molecular weight excluding hydrogens is 214 g/mol. The Morgan fingerprint density at radius 2 is 1.76 bits per heavy atom. The molecule has 0 spiro atoms. The second-order valence-corrected chi connectivity index (χ2v) is 4.24. The molecular formula is C14H11NO2. The van der Waals surface area contributed by atoms with Crippen molar-refractivity contribution in [2.45, 2.75) is 13.8 Å². The number of rotatable bonds is 0. The molecule has 0 atom stereocenters. The minimum atomic E-state index is -0.325. The maximum atomic E-state index is 11.8. The molecule has 0 aliphatic rings. The molecule has 17 heavy (non-hydrogen) atoms. The van der Waals surface area contributed by atoms with Crippen LogP contribution in [-0.4, -0.2) is 4.98 Å². The van der Waals surface area contributed by atoms with Gasteiger partial charge in [0.25, 0.3) is 0 Å². The predicted octanol–water partition coefficient (Wildman–Crippen LogP) is 2.96. The molecule has 0 unspecified atom stereocenters. The van der Waals surface area contributed by atoms with E-state index >= 15 is 0 Å².